The number of halogens is 1. The van der Waals surface area contributed by atoms with Crippen molar-refractivity contribution in [2.45, 2.75) is 6.61 Å². The van der Waals surface area contributed by atoms with Crippen molar-refractivity contribution >= 4 is 0 Å². The van der Waals surface area contributed by atoms with Crippen LogP contribution < -0.4 is 0 Å². The van der Waals surface area contributed by atoms with Gasteiger partial charge in [0.25, 0.3) is 0 Å². The third-order valence-corrected chi connectivity index (χ3v) is 1.67. The van der Waals surface area contributed by atoms with E-state index in [-0.39, 0.29) is 12.4 Å². The van der Waals surface area contributed by atoms with E-state index in [1.165, 1.54) is 12.1 Å². The largest absolute Gasteiger partial charge is 0.384 e. The fraction of sp³-hybridized carbons (Fsp3) is 0.273. The highest BCUT2D eigenvalue weighted by Gasteiger charge is 2.00. The third kappa shape index (κ3) is 2.84. The van der Waals surface area contributed by atoms with Gasteiger partial charge in [-0.15, -0.1) is 0 Å². The van der Waals surface area contributed by atoms with Crippen molar-refractivity contribution < 1.29 is 14.2 Å². The number of rotatable bonds is 2. The van der Waals surface area contributed by atoms with Crippen LogP contribution in [0.4, 0.5) is 4.39 Å². The normalized spacial score (nSPS) is 9.36. The Morgan fingerprint density at radius 1 is 1.50 bits per heavy atom. The first-order valence-corrected chi connectivity index (χ1v) is 4.15. The minimum absolute atomic E-state index is 0.233. The van der Waals surface area contributed by atoms with Gasteiger partial charge >= 0.3 is 0 Å². The first-order chi connectivity index (χ1) is 6.77. The SMILES string of the molecule is COCc1ccc(F)cc1C#CCO. The Bertz CT molecular complexity index is 363. The molecule has 0 radical (unpaired) electrons. The first kappa shape index (κ1) is 10.7. The molecule has 0 aromatic heterocycles. The van der Waals surface area contributed by atoms with Crippen molar-refractivity contribution in [3.05, 3.63) is 35.1 Å². The molecule has 0 aliphatic heterocycles. The lowest BCUT2D eigenvalue weighted by Crippen LogP contribution is -1.93. The standard InChI is InChI=1S/C11H11FO2/c1-14-8-10-4-5-11(12)7-9(10)3-2-6-13/h4-5,7,13H,6,8H2,1H3. The molecule has 1 N–H and O–H groups in total. The highest BCUT2D eigenvalue weighted by molar-refractivity contribution is 5.41. The molecule has 0 unspecified atom stereocenters. The van der Waals surface area contributed by atoms with Crippen molar-refractivity contribution in [1.29, 1.82) is 0 Å². The zero-order chi connectivity index (χ0) is 10.4. The van der Waals surface area contributed by atoms with Crippen molar-refractivity contribution in [3.63, 3.8) is 0 Å². The van der Waals surface area contributed by atoms with Crippen LogP contribution >= 0.6 is 0 Å². The number of hydrogen-bond acceptors (Lipinski definition) is 2. The molecule has 0 aliphatic rings. The van der Waals surface area contributed by atoms with Crippen molar-refractivity contribution in [2.75, 3.05) is 13.7 Å². The lowest BCUT2D eigenvalue weighted by molar-refractivity contribution is 0.184. The summed E-state index contributed by atoms with van der Waals surface area (Å²) in [6, 6.07) is 4.32. The maximum absolute atomic E-state index is 12.8. The second kappa shape index (κ2) is 5.38. The van der Waals surface area contributed by atoms with E-state index in [4.69, 9.17) is 9.84 Å². The number of benzene rings is 1. The molecule has 0 fully saturated rings. The number of aliphatic hydroxyl groups is 1. The van der Waals surface area contributed by atoms with Crippen molar-refractivity contribution in [2.24, 2.45) is 0 Å². The molecule has 0 aliphatic carbocycles. The molecule has 1 rings (SSSR count). The maximum Gasteiger partial charge on any atom is 0.124 e. The predicted octanol–water partition coefficient (Wildman–Crippen LogP) is 1.32. The zero-order valence-corrected chi connectivity index (χ0v) is 7.88. The fourth-order valence-corrected chi connectivity index (χ4v) is 1.08. The molecular formula is C11H11FO2. The van der Waals surface area contributed by atoms with Crippen LogP contribution in [0.5, 0.6) is 0 Å². The number of ether oxygens (including phenoxy) is 1. The van der Waals surface area contributed by atoms with Gasteiger partial charge in [0, 0.05) is 12.7 Å². The van der Waals surface area contributed by atoms with E-state index in [0.29, 0.717) is 12.2 Å². The smallest absolute Gasteiger partial charge is 0.124 e. The van der Waals surface area contributed by atoms with Gasteiger partial charge in [0.15, 0.2) is 0 Å². The highest BCUT2D eigenvalue weighted by Crippen LogP contribution is 2.11. The number of hydrogen-bond donors (Lipinski definition) is 1. The van der Waals surface area contributed by atoms with E-state index < -0.39 is 0 Å². The summed E-state index contributed by atoms with van der Waals surface area (Å²) in [5, 5.41) is 8.52. The minimum atomic E-state index is -0.341. The van der Waals surface area contributed by atoms with Crippen LogP contribution in [0.3, 0.4) is 0 Å². The molecule has 2 nitrogen and oxygen atoms in total. The summed E-state index contributed by atoms with van der Waals surface area (Å²) >= 11 is 0. The molecule has 0 spiro atoms. The first-order valence-electron chi connectivity index (χ1n) is 4.15. The van der Waals surface area contributed by atoms with E-state index in [2.05, 4.69) is 11.8 Å². The summed E-state index contributed by atoms with van der Waals surface area (Å²) < 4.78 is 17.8. The van der Waals surface area contributed by atoms with Crippen molar-refractivity contribution in [3.8, 4) is 11.8 Å². The topological polar surface area (TPSA) is 29.5 Å². The van der Waals surface area contributed by atoms with Gasteiger partial charge in [-0.1, -0.05) is 17.9 Å². The van der Waals surface area contributed by atoms with Crippen LogP contribution in [0.25, 0.3) is 0 Å². The van der Waals surface area contributed by atoms with Crippen LogP contribution in [-0.2, 0) is 11.3 Å². The average Bonchev–Trinajstić information content (AvgIpc) is 2.18. The van der Waals surface area contributed by atoms with Gasteiger partial charge in [0.1, 0.15) is 12.4 Å². The number of methoxy groups -OCH3 is 1. The summed E-state index contributed by atoms with van der Waals surface area (Å²) in [7, 11) is 1.56. The lowest BCUT2D eigenvalue weighted by atomic mass is 10.1. The van der Waals surface area contributed by atoms with Gasteiger partial charge in [-0.3, -0.25) is 0 Å². The molecular weight excluding hydrogens is 183 g/mol. The van der Waals surface area contributed by atoms with E-state index in [9.17, 15) is 4.39 Å². The van der Waals surface area contributed by atoms with Gasteiger partial charge < -0.3 is 9.84 Å². The van der Waals surface area contributed by atoms with Crippen LogP contribution in [0.1, 0.15) is 11.1 Å². The second-order valence-corrected chi connectivity index (χ2v) is 2.69. The molecule has 0 saturated heterocycles. The molecule has 0 amide bonds. The minimum Gasteiger partial charge on any atom is -0.384 e. The van der Waals surface area contributed by atoms with Gasteiger partial charge in [0.05, 0.1) is 6.61 Å². The van der Waals surface area contributed by atoms with E-state index in [1.807, 2.05) is 0 Å². The maximum atomic E-state index is 12.8. The Hall–Kier alpha value is -1.37. The average molecular weight is 194 g/mol. The fourth-order valence-electron chi connectivity index (χ4n) is 1.08. The van der Waals surface area contributed by atoms with Crippen LogP contribution in [-0.4, -0.2) is 18.8 Å². The third-order valence-electron chi connectivity index (χ3n) is 1.67. The van der Waals surface area contributed by atoms with Crippen LogP contribution in [0.2, 0.25) is 0 Å². The van der Waals surface area contributed by atoms with Gasteiger partial charge in [-0.25, -0.2) is 4.39 Å². The Balaban J connectivity index is 3.02. The lowest BCUT2D eigenvalue weighted by Gasteiger charge is -2.02. The molecule has 1 aromatic carbocycles. The summed E-state index contributed by atoms with van der Waals surface area (Å²) in [5.41, 5.74) is 1.37. The van der Waals surface area contributed by atoms with Gasteiger partial charge in [-0.05, 0) is 17.7 Å². The Kier molecular flexibility index (Phi) is 4.11. The molecule has 3 heteroatoms. The Morgan fingerprint density at radius 2 is 2.29 bits per heavy atom. The molecule has 0 atom stereocenters. The summed E-state index contributed by atoms with van der Waals surface area (Å²) in [6.45, 7) is 0.151. The monoisotopic (exact) mass is 194 g/mol. The Morgan fingerprint density at radius 3 is 2.93 bits per heavy atom. The molecule has 0 saturated carbocycles. The summed E-state index contributed by atoms with van der Waals surface area (Å²) in [4.78, 5) is 0. The molecule has 0 heterocycles. The molecule has 14 heavy (non-hydrogen) atoms. The summed E-state index contributed by atoms with van der Waals surface area (Å²) in [6.07, 6.45) is 0. The Labute approximate surface area is 82.3 Å². The van der Waals surface area contributed by atoms with E-state index >= 15 is 0 Å². The van der Waals surface area contributed by atoms with Crippen LogP contribution in [0.15, 0.2) is 18.2 Å². The summed E-state index contributed by atoms with van der Waals surface area (Å²) in [5.74, 6) is 4.80. The van der Waals surface area contributed by atoms with E-state index in [0.717, 1.165) is 5.56 Å². The highest BCUT2D eigenvalue weighted by atomic mass is 19.1. The molecule has 74 valence electrons. The zero-order valence-electron chi connectivity index (χ0n) is 7.88. The predicted molar refractivity (Wildman–Crippen MR) is 51.1 cm³/mol. The second-order valence-electron chi connectivity index (χ2n) is 2.69. The van der Waals surface area contributed by atoms with Crippen molar-refractivity contribution in [1.82, 2.24) is 0 Å². The molecule has 0 bridgehead atoms. The van der Waals surface area contributed by atoms with E-state index in [1.54, 1.807) is 13.2 Å². The van der Waals surface area contributed by atoms with Gasteiger partial charge in [0.2, 0.25) is 0 Å². The number of aliphatic hydroxyl groups excluding tert-OH is 1. The quantitative estimate of drug-likeness (QED) is 0.719. The molecule has 1 aromatic rings. The van der Waals surface area contributed by atoms with Gasteiger partial charge in [-0.2, -0.15) is 0 Å². The van der Waals surface area contributed by atoms with Crippen LogP contribution in [0, 0.1) is 17.7 Å².